The van der Waals surface area contributed by atoms with E-state index in [1.165, 1.54) is 59.4 Å². The molecule has 5 rings (SSSR count). The summed E-state index contributed by atoms with van der Waals surface area (Å²) in [4.78, 5) is 6.19. The van der Waals surface area contributed by atoms with Gasteiger partial charge < -0.3 is 9.72 Å². The predicted molar refractivity (Wildman–Crippen MR) is 120 cm³/mol. The summed E-state index contributed by atoms with van der Waals surface area (Å²) in [5.74, 6) is 1.83. The van der Waals surface area contributed by atoms with Gasteiger partial charge in [0.1, 0.15) is 5.75 Å². The van der Waals surface area contributed by atoms with Crippen molar-refractivity contribution in [2.75, 3.05) is 26.7 Å². The number of benzene rings is 2. The lowest BCUT2D eigenvalue weighted by Gasteiger charge is -2.30. The molecule has 2 aromatic heterocycles. The molecular weight excluding hydrogens is 358 g/mol. The molecule has 0 amide bonds. The molecule has 150 valence electrons. The third-order valence-corrected chi connectivity index (χ3v) is 6.74. The lowest BCUT2D eigenvalue weighted by Crippen LogP contribution is -2.42. The fourth-order valence-electron chi connectivity index (χ4n) is 4.82. The molecule has 0 spiro atoms. The molecule has 29 heavy (non-hydrogen) atoms. The van der Waals surface area contributed by atoms with Gasteiger partial charge in [-0.15, -0.1) is 0 Å². The summed E-state index contributed by atoms with van der Waals surface area (Å²) in [6, 6.07) is 12.9. The number of H-pyrrole nitrogens is 1. The van der Waals surface area contributed by atoms with Crippen LogP contribution in [0.5, 0.6) is 5.75 Å². The van der Waals surface area contributed by atoms with Gasteiger partial charge >= 0.3 is 0 Å². The van der Waals surface area contributed by atoms with Crippen molar-refractivity contribution in [1.29, 1.82) is 0 Å². The van der Waals surface area contributed by atoms with E-state index in [1.807, 2.05) is 6.07 Å². The van der Waals surface area contributed by atoms with Crippen LogP contribution in [0.15, 0.2) is 48.8 Å². The molecule has 1 aliphatic rings. The molecule has 0 bridgehead atoms. The molecule has 0 unspecified atom stereocenters. The third-order valence-electron chi connectivity index (χ3n) is 6.74. The molecule has 0 saturated carbocycles. The molecule has 1 fully saturated rings. The summed E-state index contributed by atoms with van der Waals surface area (Å²) in [7, 11) is 1.73. The van der Waals surface area contributed by atoms with Crippen LogP contribution >= 0.6 is 0 Å². The van der Waals surface area contributed by atoms with E-state index in [0.717, 1.165) is 30.3 Å². The van der Waals surface area contributed by atoms with Crippen LogP contribution in [0.1, 0.15) is 26.2 Å². The molecule has 4 aromatic rings. The van der Waals surface area contributed by atoms with Crippen LogP contribution in [0.4, 0.5) is 0 Å². The Labute approximate surface area is 172 Å². The van der Waals surface area contributed by atoms with E-state index in [-0.39, 0.29) is 0 Å². The Balaban J connectivity index is 1.47. The van der Waals surface area contributed by atoms with E-state index in [4.69, 9.17) is 4.74 Å². The number of methoxy groups -OCH3 is 1. The van der Waals surface area contributed by atoms with Crippen molar-refractivity contribution in [3.63, 3.8) is 0 Å². The average molecular weight is 389 g/mol. The van der Waals surface area contributed by atoms with Crippen molar-refractivity contribution < 1.29 is 9.30 Å². The first-order valence-electron chi connectivity index (χ1n) is 10.9. The predicted octanol–water partition coefficient (Wildman–Crippen LogP) is 4.89. The van der Waals surface area contributed by atoms with E-state index in [9.17, 15) is 0 Å². The number of nitrogens with one attached hydrogen (secondary N) is 1. The summed E-state index contributed by atoms with van der Waals surface area (Å²) in [6.07, 6.45) is 8.59. The highest BCUT2D eigenvalue weighted by atomic mass is 16.5. The molecule has 4 heteroatoms. The smallest absolute Gasteiger partial charge is 0.177 e. The Bertz CT molecular complexity index is 1160. The standard InChI is InChI=1S/C25H29N3O/c1-3-18-8-11-27(12-9-18)14-15-28-13-10-19-4-6-24-25(22(19)17-28)21-16-20(29-2)5-7-23(21)26-24/h4-7,10,13,16-18H,3,8-9,11-12,14-15H2,1-2H3/p+1. The van der Waals surface area contributed by atoms with Crippen LogP contribution in [0.3, 0.4) is 0 Å². The molecule has 4 nitrogen and oxygen atoms in total. The monoisotopic (exact) mass is 388 g/mol. The van der Waals surface area contributed by atoms with Gasteiger partial charge in [-0.25, -0.2) is 4.57 Å². The van der Waals surface area contributed by atoms with Gasteiger partial charge in [-0.1, -0.05) is 19.4 Å². The Morgan fingerprint density at radius 3 is 2.69 bits per heavy atom. The molecule has 0 radical (unpaired) electrons. The van der Waals surface area contributed by atoms with Crippen molar-refractivity contribution in [1.82, 2.24) is 9.88 Å². The van der Waals surface area contributed by atoms with Crippen LogP contribution in [0.25, 0.3) is 32.6 Å². The van der Waals surface area contributed by atoms with Crippen LogP contribution in [0.2, 0.25) is 0 Å². The van der Waals surface area contributed by atoms with Gasteiger partial charge in [0.15, 0.2) is 18.9 Å². The number of likely N-dealkylation sites (tertiary alicyclic amines) is 1. The number of hydrogen-bond donors (Lipinski definition) is 1. The van der Waals surface area contributed by atoms with Gasteiger partial charge in [0.25, 0.3) is 0 Å². The summed E-state index contributed by atoms with van der Waals surface area (Å²) in [5, 5.41) is 5.09. The number of rotatable bonds is 5. The van der Waals surface area contributed by atoms with Crippen LogP contribution in [-0.4, -0.2) is 36.6 Å². The second-order valence-corrected chi connectivity index (χ2v) is 8.40. The minimum atomic E-state index is 0.898. The van der Waals surface area contributed by atoms with Gasteiger partial charge in [-0.3, -0.25) is 4.90 Å². The SMILES string of the molecule is CCC1CCN(CC[n+]2ccc3ccc4[nH]c5ccc(OC)cc5c4c3c2)CC1. The largest absolute Gasteiger partial charge is 0.497 e. The van der Waals surface area contributed by atoms with E-state index in [1.54, 1.807) is 7.11 Å². The first-order valence-corrected chi connectivity index (χ1v) is 10.9. The molecular formula is C25H30N3O+. The minimum Gasteiger partial charge on any atom is -0.497 e. The average Bonchev–Trinajstić information content (AvgIpc) is 3.16. The zero-order valence-corrected chi connectivity index (χ0v) is 17.4. The van der Waals surface area contributed by atoms with Gasteiger partial charge in [0.05, 0.1) is 19.0 Å². The normalized spacial score (nSPS) is 16.2. The fourth-order valence-corrected chi connectivity index (χ4v) is 4.82. The van der Waals surface area contributed by atoms with E-state index >= 15 is 0 Å². The molecule has 1 saturated heterocycles. The van der Waals surface area contributed by atoms with Crippen LogP contribution in [-0.2, 0) is 6.54 Å². The van der Waals surface area contributed by atoms with Gasteiger partial charge in [0, 0.05) is 27.9 Å². The first-order chi connectivity index (χ1) is 14.2. The van der Waals surface area contributed by atoms with Crippen molar-refractivity contribution in [2.45, 2.75) is 32.7 Å². The number of aromatic amines is 1. The van der Waals surface area contributed by atoms with E-state index in [2.05, 4.69) is 64.1 Å². The summed E-state index contributed by atoms with van der Waals surface area (Å²) in [5.41, 5.74) is 2.34. The second kappa shape index (κ2) is 7.68. The number of pyridine rings is 1. The number of aromatic nitrogens is 2. The number of fused-ring (bicyclic) bond motifs is 5. The number of nitrogens with zero attached hydrogens (tertiary/aromatic N) is 2. The van der Waals surface area contributed by atoms with Crippen LogP contribution < -0.4 is 9.30 Å². The maximum absolute atomic E-state index is 5.47. The molecule has 2 aromatic carbocycles. The quantitative estimate of drug-likeness (QED) is 0.494. The Morgan fingerprint density at radius 1 is 1.07 bits per heavy atom. The molecule has 1 aliphatic heterocycles. The summed E-state index contributed by atoms with van der Waals surface area (Å²) in [6.45, 7) is 6.99. The summed E-state index contributed by atoms with van der Waals surface area (Å²) < 4.78 is 7.83. The topological polar surface area (TPSA) is 32.1 Å². The first kappa shape index (κ1) is 18.4. The fraction of sp³-hybridized carbons (Fsp3) is 0.400. The van der Waals surface area contributed by atoms with Gasteiger partial charge in [0.2, 0.25) is 0 Å². The van der Waals surface area contributed by atoms with Gasteiger partial charge in [-0.2, -0.15) is 0 Å². The second-order valence-electron chi connectivity index (χ2n) is 8.40. The van der Waals surface area contributed by atoms with Crippen molar-refractivity contribution in [3.05, 3.63) is 48.8 Å². The lowest BCUT2D eigenvalue weighted by atomic mass is 9.94. The molecule has 3 heterocycles. The van der Waals surface area contributed by atoms with Crippen molar-refractivity contribution in [2.24, 2.45) is 5.92 Å². The van der Waals surface area contributed by atoms with Gasteiger partial charge in [-0.05, 0) is 61.5 Å². The Kier molecular flexibility index (Phi) is 4.88. The maximum atomic E-state index is 5.47. The molecule has 0 atom stereocenters. The maximum Gasteiger partial charge on any atom is 0.177 e. The Hall–Kier alpha value is -2.59. The van der Waals surface area contributed by atoms with Crippen molar-refractivity contribution in [3.8, 4) is 5.75 Å². The third kappa shape index (κ3) is 3.46. The molecule has 1 N–H and O–H groups in total. The minimum absolute atomic E-state index is 0.898. The Morgan fingerprint density at radius 2 is 1.90 bits per heavy atom. The zero-order chi connectivity index (χ0) is 19.8. The molecule has 0 aliphatic carbocycles. The van der Waals surface area contributed by atoms with Crippen LogP contribution in [0, 0.1) is 5.92 Å². The highest BCUT2D eigenvalue weighted by Gasteiger charge is 2.19. The zero-order valence-electron chi connectivity index (χ0n) is 17.4. The number of hydrogen-bond acceptors (Lipinski definition) is 2. The number of ether oxygens (including phenoxy) is 1. The highest BCUT2D eigenvalue weighted by Crippen LogP contribution is 2.33. The van der Waals surface area contributed by atoms with E-state index < -0.39 is 0 Å². The summed E-state index contributed by atoms with van der Waals surface area (Å²) >= 11 is 0. The van der Waals surface area contributed by atoms with E-state index in [0.29, 0.717) is 0 Å². The van der Waals surface area contributed by atoms with Crippen molar-refractivity contribution >= 4 is 32.6 Å². The lowest BCUT2D eigenvalue weighted by molar-refractivity contribution is -0.695. The number of piperidine rings is 1. The highest BCUT2D eigenvalue weighted by molar-refractivity contribution is 6.19.